The second kappa shape index (κ2) is 9.32. The molecule has 170 valence electrons. The van der Waals surface area contributed by atoms with E-state index in [1.54, 1.807) is 12.1 Å². The van der Waals surface area contributed by atoms with Crippen molar-refractivity contribution in [2.45, 2.75) is 31.5 Å². The summed E-state index contributed by atoms with van der Waals surface area (Å²) in [7, 11) is 0. The molecule has 2 nitrogen and oxygen atoms in total. The van der Waals surface area contributed by atoms with Gasteiger partial charge in [0, 0.05) is 29.5 Å². The van der Waals surface area contributed by atoms with E-state index in [1.165, 1.54) is 26.0 Å². The summed E-state index contributed by atoms with van der Waals surface area (Å²) >= 11 is 3.54. The Labute approximate surface area is 200 Å². The number of hydrogen-bond donors (Lipinski definition) is 0. The van der Waals surface area contributed by atoms with Gasteiger partial charge in [-0.3, -0.25) is 4.90 Å². The number of rotatable bonds is 6. The van der Waals surface area contributed by atoms with Gasteiger partial charge in [-0.25, -0.2) is 13.2 Å². The SMILES string of the molecule is CC(C)(F)C(c1cc(F)cc(F)c1)C1CN(C(c2ccc(C#N)cc2)c2cccc(Br)c2)C1. The van der Waals surface area contributed by atoms with E-state index >= 15 is 4.39 Å². The first-order chi connectivity index (χ1) is 15.7. The van der Waals surface area contributed by atoms with Crippen molar-refractivity contribution in [3.05, 3.63) is 105 Å². The van der Waals surface area contributed by atoms with Gasteiger partial charge in [-0.15, -0.1) is 0 Å². The van der Waals surface area contributed by atoms with Crippen molar-refractivity contribution in [2.75, 3.05) is 13.1 Å². The predicted molar refractivity (Wildman–Crippen MR) is 126 cm³/mol. The van der Waals surface area contributed by atoms with E-state index in [1.807, 2.05) is 30.3 Å². The average Bonchev–Trinajstić information content (AvgIpc) is 2.71. The number of nitriles is 1. The van der Waals surface area contributed by atoms with Crippen LogP contribution in [0.25, 0.3) is 0 Å². The normalized spacial score (nSPS) is 16.6. The summed E-state index contributed by atoms with van der Waals surface area (Å²) in [6, 6.07) is 20.8. The van der Waals surface area contributed by atoms with E-state index in [2.05, 4.69) is 33.0 Å². The molecule has 0 radical (unpaired) electrons. The van der Waals surface area contributed by atoms with Gasteiger partial charge >= 0.3 is 0 Å². The van der Waals surface area contributed by atoms with Crippen molar-refractivity contribution in [2.24, 2.45) is 5.92 Å². The summed E-state index contributed by atoms with van der Waals surface area (Å²) in [5.41, 5.74) is 1.39. The number of alkyl halides is 1. The molecule has 3 aromatic rings. The van der Waals surface area contributed by atoms with Crippen molar-refractivity contribution in [1.82, 2.24) is 4.90 Å². The smallest absolute Gasteiger partial charge is 0.126 e. The molecule has 1 aliphatic heterocycles. The van der Waals surface area contributed by atoms with Crippen LogP contribution >= 0.6 is 15.9 Å². The lowest BCUT2D eigenvalue weighted by Crippen LogP contribution is -2.53. The lowest BCUT2D eigenvalue weighted by atomic mass is 9.72. The minimum absolute atomic E-state index is 0.0842. The minimum Gasteiger partial charge on any atom is -0.292 e. The lowest BCUT2D eigenvalue weighted by Gasteiger charge is -2.50. The van der Waals surface area contributed by atoms with Gasteiger partial charge in [0.1, 0.15) is 17.3 Å². The second-order valence-electron chi connectivity index (χ2n) is 9.15. The van der Waals surface area contributed by atoms with Gasteiger partial charge in [0.25, 0.3) is 0 Å². The van der Waals surface area contributed by atoms with Gasteiger partial charge < -0.3 is 0 Å². The highest BCUT2D eigenvalue weighted by atomic mass is 79.9. The first-order valence-electron chi connectivity index (χ1n) is 10.8. The predicted octanol–water partition coefficient (Wildman–Crippen LogP) is 7.15. The second-order valence-corrected chi connectivity index (χ2v) is 10.1. The van der Waals surface area contributed by atoms with Crippen molar-refractivity contribution in [1.29, 1.82) is 5.26 Å². The average molecular weight is 513 g/mol. The van der Waals surface area contributed by atoms with Crippen molar-refractivity contribution in [3.63, 3.8) is 0 Å². The van der Waals surface area contributed by atoms with Gasteiger partial charge in [0.05, 0.1) is 17.7 Å². The summed E-state index contributed by atoms with van der Waals surface area (Å²) in [6.45, 7) is 4.09. The Kier molecular flexibility index (Phi) is 6.65. The molecule has 2 unspecified atom stereocenters. The zero-order valence-corrected chi connectivity index (χ0v) is 20.0. The zero-order chi connectivity index (χ0) is 23.8. The maximum atomic E-state index is 15.3. The Morgan fingerprint density at radius 2 is 1.58 bits per heavy atom. The summed E-state index contributed by atoms with van der Waals surface area (Å²) in [6.07, 6.45) is 0. The topological polar surface area (TPSA) is 27.0 Å². The molecule has 1 saturated heterocycles. The fourth-order valence-corrected chi connectivity index (χ4v) is 5.40. The first kappa shape index (κ1) is 23.5. The number of hydrogen-bond acceptors (Lipinski definition) is 2. The maximum Gasteiger partial charge on any atom is 0.126 e. The van der Waals surface area contributed by atoms with Crippen LogP contribution in [0.4, 0.5) is 13.2 Å². The monoisotopic (exact) mass is 512 g/mol. The first-order valence-corrected chi connectivity index (χ1v) is 11.6. The Balaban J connectivity index is 1.65. The zero-order valence-electron chi connectivity index (χ0n) is 18.4. The molecule has 0 aromatic heterocycles. The molecule has 0 saturated carbocycles. The molecule has 0 aliphatic carbocycles. The Morgan fingerprint density at radius 1 is 0.939 bits per heavy atom. The van der Waals surface area contributed by atoms with Crippen LogP contribution < -0.4 is 0 Å². The fraction of sp³-hybridized carbons (Fsp3) is 0.296. The van der Waals surface area contributed by atoms with E-state index in [9.17, 15) is 8.78 Å². The molecular weight excluding hydrogens is 489 g/mol. The van der Waals surface area contributed by atoms with Crippen LogP contribution in [0.5, 0.6) is 0 Å². The molecule has 4 rings (SSSR count). The highest BCUT2D eigenvalue weighted by molar-refractivity contribution is 9.10. The lowest BCUT2D eigenvalue weighted by molar-refractivity contribution is 0.00803. The summed E-state index contributed by atoms with van der Waals surface area (Å²) in [4.78, 5) is 2.24. The van der Waals surface area contributed by atoms with Crippen LogP contribution in [-0.2, 0) is 0 Å². The third-order valence-electron chi connectivity index (χ3n) is 6.28. The number of nitrogens with zero attached hydrogens (tertiary/aromatic N) is 2. The Hall–Kier alpha value is -2.62. The molecule has 6 heteroatoms. The number of halogens is 4. The number of benzene rings is 3. The van der Waals surface area contributed by atoms with Gasteiger partial charge in [-0.2, -0.15) is 5.26 Å². The van der Waals surface area contributed by atoms with Crippen LogP contribution in [0.2, 0.25) is 0 Å². The fourth-order valence-electron chi connectivity index (χ4n) is 4.99. The largest absolute Gasteiger partial charge is 0.292 e. The van der Waals surface area contributed by atoms with Gasteiger partial charge in [0.15, 0.2) is 0 Å². The van der Waals surface area contributed by atoms with Crippen LogP contribution in [-0.4, -0.2) is 23.7 Å². The minimum atomic E-state index is -1.64. The van der Waals surface area contributed by atoms with Crippen LogP contribution in [0.1, 0.15) is 48.1 Å². The van der Waals surface area contributed by atoms with E-state index in [0.717, 1.165) is 21.7 Å². The summed E-state index contributed by atoms with van der Waals surface area (Å²) in [5, 5.41) is 9.15. The quantitative estimate of drug-likeness (QED) is 0.350. The van der Waals surface area contributed by atoms with Gasteiger partial charge in [-0.05, 0) is 72.9 Å². The molecule has 0 spiro atoms. The molecular formula is C27H24BrF3N2. The van der Waals surface area contributed by atoms with Crippen LogP contribution in [0.15, 0.2) is 71.2 Å². The summed E-state index contributed by atoms with van der Waals surface area (Å²) < 4.78 is 44.1. The molecule has 1 fully saturated rings. The van der Waals surface area contributed by atoms with E-state index in [4.69, 9.17) is 5.26 Å². The highest BCUT2D eigenvalue weighted by Gasteiger charge is 2.45. The standard InChI is InChI=1S/C27H24BrF3N2/c1-27(2,31)25(20-11-23(29)13-24(30)12-20)21-15-33(16-21)26(19-4-3-5-22(28)10-19)18-8-6-17(14-32)7-9-18/h3-13,21,25-26H,15-16H2,1-2H3. The third kappa shape index (κ3) is 5.15. The van der Waals surface area contributed by atoms with E-state index in [0.29, 0.717) is 24.2 Å². The summed E-state index contributed by atoms with van der Waals surface area (Å²) in [5.74, 6) is -2.12. The molecule has 33 heavy (non-hydrogen) atoms. The van der Waals surface area contributed by atoms with Gasteiger partial charge in [-0.1, -0.05) is 40.2 Å². The molecule has 0 N–H and O–H groups in total. The third-order valence-corrected chi connectivity index (χ3v) is 6.77. The van der Waals surface area contributed by atoms with Crippen molar-refractivity contribution < 1.29 is 13.2 Å². The van der Waals surface area contributed by atoms with Crippen molar-refractivity contribution >= 4 is 15.9 Å². The Morgan fingerprint density at radius 3 is 2.12 bits per heavy atom. The van der Waals surface area contributed by atoms with Crippen LogP contribution in [0.3, 0.4) is 0 Å². The van der Waals surface area contributed by atoms with Crippen molar-refractivity contribution in [3.8, 4) is 6.07 Å². The maximum absolute atomic E-state index is 15.3. The molecule has 3 aromatic carbocycles. The van der Waals surface area contributed by atoms with Gasteiger partial charge in [0.2, 0.25) is 0 Å². The molecule has 0 amide bonds. The number of likely N-dealkylation sites (tertiary alicyclic amines) is 1. The Bertz CT molecular complexity index is 1150. The van der Waals surface area contributed by atoms with E-state index < -0.39 is 23.2 Å². The molecule has 1 aliphatic rings. The molecule has 1 heterocycles. The van der Waals surface area contributed by atoms with Crippen LogP contribution in [0, 0.1) is 28.9 Å². The molecule has 2 atom stereocenters. The molecule has 0 bridgehead atoms. The van der Waals surface area contributed by atoms with E-state index in [-0.39, 0.29) is 12.0 Å². The highest BCUT2D eigenvalue weighted by Crippen LogP contribution is 2.45.